The molecule has 4 rings (SSSR count). The summed E-state index contributed by atoms with van der Waals surface area (Å²) in [4.78, 5) is 25.9. The predicted octanol–water partition coefficient (Wildman–Crippen LogP) is 2.88. The molecular weight excluding hydrogens is 344 g/mol. The molecule has 0 saturated heterocycles. The molecule has 0 aliphatic heterocycles. The molecule has 4 unspecified atom stereocenters. The molecule has 116 valence electrons. The molecule has 3 aliphatic carbocycles. The molecule has 0 amide bonds. The van der Waals surface area contributed by atoms with Gasteiger partial charge in [0.25, 0.3) is 0 Å². The molecule has 3 fully saturated rings. The maximum absolute atomic E-state index is 12.9. The van der Waals surface area contributed by atoms with Crippen molar-refractivity contribution in [2.45, 2.75) is 38.2 Å². The number of carbonyl (C=O) groups is 2. The summed E-state index contributed by atoms with van der Waals surface area (Å²) in [5.41, 5.74) is 1.94. The second-order valence-electron chi connectivity index (χ2n) is 6.88. The molecule has 0 heterocycles. The third-order valence-corrected chi connectivity index (χ3v) is 6.54. The van der Waals surface area contributed by atoms with Crippen molar-refractivity contribution in [2.24, 2.45) is 23.7 Å². The second kappa shape index (κ2) is 5.00. The number of halogens is 1. The fourth-order valence-corrected chi connectivity index (χ4v) is 5.54. The number of Topliss-reactive ketones (excluding diaryl/α,β-unsaturated/α-hetero) is 2. The maximum Gasteiger partial charge on any atom is 0.151 e. The molecule has 1 N–H and O–H groups in total. The number of carbonyl (C=O) groups excluding carboxylic acids is 2. The Morgan fingerprint density at radius 3 is 2.27 bits per heavy atom. The fourth-order valence-electron chi connectivity index (χ4n) is 5.13. The number of aliphatic hydroxyl groups is 1. The Labute approximate surface area is 138 Å². The van der Waals surface area contributed by atoms with Gasteiger partial charge in [-0.05, 0) is 54.4 Å². The van der Waals surface area contributed by atoms with Crippen molar-refractivity contribution >= 4 is 27.5 Å². The molecule has 0 radical (unpaired) electrons. The van der Waals surface area contributed by atoms with Gasteiger partial charge in [-0.3, -0.25) is 9.59 Å². The van der Waals surface area contributed by atoms with E-state index in [1.807, 2.05) is 25.1 Å². The minimum atomic E-state index is -0.603. The normalized spacial score (nSPS) is 39.6. The molecule has 1 aromatic rings. The van der Waals surface area contributed by atoms with Crippen LogP contribution in [0.1, 0.15) is 36.8 Å². The van der Waals surface area contributed by atoms with Crippen LogP contribution < -0.4 is 0 Å². The number of hydrogen-bond acceptors (Lipinski definition) is 3. The zero-order valence-corrected chi connectivity index (χ0v) is 14.0. The summed E-state index contributed by atoms with van der Waals surface area (Å²) >= 11 is 3.46. The van der Waals surface area contributed by atoms with E-state index in [-0.39, 0.29) is 35.2 Å². The number of ketones is 2. The van der Waals surface area contributed by atoms with Crippen molar-refractivity contribution in [1.29, 1.82) is 0 Å². The van der Waals surface area contributed by atoms with Crippen LogP contribution in [0, 0.1) is 23.7 Å². The van der Waals surface area contributed by atoms with Crippen LogP contribution in [0.2, 0.25) is 0 Å². The van der Waals surface area contributed by atoms with E-state index < -0.39 is 12.0 Å². The minimum Gasteiger partial charge on any atom is -0.393 e. The summed E-state index contributed by atoms with van der Waals surface area (Å²) in [5, 5.41) is 10.3. The Bertz CT molecular complexity index is 638. The standard InChI is InChI=1S/C18H19BrO3/c1-2-8-7-9(19)3-4-10(8)15-17(21)13-11-5-6-12(16(11)20)14(13)18(15)22/h3-4,7,11-16,20H,2,5-6H2,1H3. The Hall–Kier alpha value is -1.00. The van der Waals surface area contributed by atoms with E-state index in [9.17, 15) is 14.7 Å². The van der Waals surface area contributed by atoms with Crippen LogP contribution in [0.25, 0.3) is 0 Å². The molecular formula is C18H19BrO3. The second-order valence-corrected chi connectivity index (χ2v) is 7.80. The molecule has 3 saturated carbocycles. The Morgan fingerprint density at radius 1 is 1.14 bits per heavy atom. The summed E-state index contributed by atoms with van der Waals surface area (Å²) in [5.74, 6) is -0.946. The highest BCUT2D eigenvalue weighted by molar-refractivity contribution is 9.10. The third kappa shape index (κ3) is 1.77. The van der Waals surface area contributed by atoms with Gasteiger partial charge in [0.1, 0.15) is 5.92 Å². The van der Waals surface area contributed by atoms with E-state index >= 15 is 0 Å². The first kappa shape index (κ1) is 14.6. The third-order valence-electron chi connectivity index (χ3n) is 6.04. The van der Waals surface area contributed by atoms with Gasteiger partial charge in [0.2, 0.25) is 0 Å². The van der Waals surface area contributed by atoms with E-state index in [4.69, 9.17) is 0 Å². The van der Waals surface area contributed by atoms with Gasteiger partial charge in [-0.2, -0.15) is 0 Å². The highest BCUT2D eigenvalue weighted by atomic mass is 79.9. The first-order valence-electron chi connectivity index (χ1n) is 8.08. The number of aryl methyl sites for hydroxylation is 1. The Balaban J connectivity index is 1.77. The quantitative estimate of drug-likeness (QED) is 0.823. The van der Waals surface area contributed by atoms with E-state index in [0.717, 1.165) is 34.9 Å². The summed E-state index contributed by atoms with van der Waals surface area (Å²) in [6.07, 6.45) is 2.13. The van der Waals surface area contributed by atoms with E-state index in [2.05, 4.69) is 15.9 Å². The van der Waals surface area contributed by atoms with Crippen LogP contribution in [0.15, 0.2) is 22.7 Å². The summed E-state index contributed by atoms with van der Waals surface area (Å²) < 4.78 is 0.974. The molecule has 0 aromatic heterocycles. The highest BCUT2D eigenvalue weighted by Crippen LogP contribution is 2.59. The monoisotopic (exact) mass is 362 g/mol. The SMILES string of the molecule is CCc1cc(Br)ccc1C1C(=O)C2C3CCC(C3O)C2C1=O. The average Bonchev–Trinajstić information content (AvgIpc) is 3.09. The van der Waals surface area contributed by atoms with Crippen LogP contribution in [-0.2, 0) is 16.0 Å². The number of aliphatic hydroxyl groups excluding tert-OH is 1. The van der Waals surface area contributed by atoms with Crippen molar-refractivity contribution in [3.63, 3.8) is 0 Å². The van der Waals surface area contributed by atoms with Gasteiger partial charge < -0.3 is 5.11 Å². The molecule has 4 atom stereocenters. The molecule has 0 spiro atoms. The Kier molecular flexibility index (Phi) is 3.31. The van der Waals surface area contributed by atoms with Gasteiger partial charge in [-0.15, -0.1) is 0 Å². The summed E-state index contributed by atoms with van der Waals surface area (Å²) in [6, 6.07) is 5.84. The van der Waals surface area contributed by atoms with Gasteiger partial charge in [0, 0.05) is 16.3 Å². The van der Waals surface area contributed by atoms with E-state index in [1.54, 1.807) is 0 Å². The van der Waals surface area contributed by atoms with Crippen LogP contribution in [0.3, 0.4) is 0 Å². The number of rotatable bonds is 2. The average molecular weight is 363 g/mol. The maximum atomic E-state index is 12.9. The lowest BCUT2D eigenvalue weighted by atomic mass is 9.81. The lowest BCUT2D eigenvalue weighted by Gasteiger charge is -2.20. The minimum absolute atomic E-state index is 0.0111. The van der Waals surface area contributed by atoms with Crippen molar-refractivity contribution in [1.82, 2.24) is 0 Å². The number of fused-ring (bicyclic) bond motifs is 5. The molecule has 4 heteroatoms. The lowest BCUT2D eigenvalue weighted by Crippen LogP contribution is -2.25. The largest absolute Gasteiger partial charge is 0.393 e. The van der Waals surface area contributed by atoms with Gasteiger partial charge in [-0.1, -0.05) is 28.9 Å². The van der Waals surface area contributed by atoms with Gasteiger partial charge in [-0.25, -0.2) is 0 Å². The molecule has 2 bridgehead atoms. The molecule has 1 aromatic carbocycles. The Morgan fingerprint density at radius 2 is 1.73 bits per heavy atom. The molecule has 22 heavy (non-hydrogen) atoms. The summed E-state index contributed by atoms with van der Waals surface area (Å²) in [7, 11) is 0. The van der Waals surface area contributed by atoms with Gasteiger partial charge in [0.05, 0.1) is 6.10 Å². The highest BCUT2D eigenvalue weighted by Gasteiger charge is 2.65. The zero-order chi connectivity index (χ0) is 15.6. The van der Waals surface area contributed by atoms with Crippen molar-refractivity contribution in [2.75, 3.05) is 0 Å². The van der Waals surface area contributed by atoms with E-state index in [0.29, 0.717) is 0 Å². The van der Waals surface area contributed by atoms with Crippen molar-refractivity contribution in [3.8, 4) is 0 Å². The summed E-state index contributed by atoms with van der Waals surface area (Å²) in [6.45, 7) is 2.05. The van der Waals surface area contributed by atoms with Crippen LogP contribution >= 0.6 is 15.9 Å². The van der Waals surface area contributed by atoms with Crippen LogP contribution in [0.5, 0.6) is 0 Å². The van der Waals surface area contributed by atoms with E-state index in [1.165, 1.54) is 0 Å². The topological polar surface area (TPSA) is 54.4 Å². The first-order valence-corrected chi connectivity index (χ1v) is 8.87. The van der Waals surface area contributed by atoms with Crippen molar-refractivity contribution in [3.05, 3.63) is 33.8 Å². The lowest BCUT2D eigenvalue weighted by molar-refractivity contribution is -0.126. The zero-order valence-electron chi connectivity index (χ0n) is 12.5. The van der Waals surface area contributed by atoms with Gasteiger partial charge >= 0.3 is 0 Å². The smallest absolute Gasteiger partial charge is 0.151 e. The first-order chi connectivity index (χ1) is 10.5. The van der Waals surface area contributed by atoms with Crippen molar-refractivity contribution < 1.29 is 14.7 Å². The fraction of sp³-hybridized carbons (Fsp3) is 0.556. The number of hydrogen-bond donors (Lipinski definition) is 1. The molecule has 3 nitrogen and oxygen atoms in total. The van der Waals surface area contributed by atoms with Gasteiger partial charge in [0.15, 0.2) is 11.6 Å². The molecule has 3 aliphatic rings. The number of benzene rings is 1. The predicted molar refractivity (Wildman–Crippen MR) is 85.5 cm³/mol. The van der Waals surface area contributed by atoms with Crippen LogP contribution in [-0.4, -0.2) is 22.8 Å². The van der Waals surface area contributed by atoms with Crippen LogP contribution in [0.4, 0.5) is 0 Å².